The van der Waals surface area contributed by atoms with Crippen molar-refractivity contribution in [3.63, 3.8) is 0 Å². The summed E-state index contributed by atoms with van der Waals surface area (Å²) in [5.41, 5.74) is 12.8. The summed E-state index contributed by atoms with van der Waals surface area (Å²) in [6.45, 7) is 3.97. The fourth-order valence-corrected chi connectivity index (χ4v) is 2.73. The lowest BCUT2D eigenvalue weighted by Crippen LogP contribution is -2.55. The van der Waals surface area contributed by atoms with Crippen molar-refractivity contribution in [1.29, 1.82) is 0 Å². The van der Waals surface area contributed by atoms with E-state index in [1.54, 1.807) is 48.7 Å². The van der Waals surface area contributed by atoms with Crippen LogP contribution >= 0.6 is 0 Å². The molecule has 1 aromatic carbocycles. The number of nitrogens with two attached hydrogens (primary N) is 2. The number of nitrogens with zero attached hydrogens (tertiary/aromatic N) is 1. The molecule has 0 saturated carbocycles. The zero-order valence-corrected chi connectivity index (χ0v) is 16.7. The lowest BCUT2D eigenvalue weighted by atomic mass is 9.97. The first-order chi connectivity index (χ1) is 13.8. The molecule has 0 aliphatic heterocycles. The third-order valence-electron chi connectivity index (χ3n) is 4.91. The number of aliphatic hydroxyl groups is 1. The van der Waals surface area contributed by atoms with Gasteiger partial charge in [-0.05, 0) is 23.1 Å². The molecule has 156 valence electrons. The van der Waals surface area contributed by atoms with Crippen LogP contribution in [-0.2, 0) is 16.1 Å². The number of nitrogens with one attached hydrogen (secondary N) is 2. The fraction of sp³-hybridized carbons (Fsp3) is 0.381. The van der Waals surface area contributed by atoms with Crippen molar-refractivity contribution < 1.29 is 14.7 Å². The second kappa shape index (κ2) is 10.5. The number of anilines is 1. The molecule has 2 aromatic rings. The predicted molar refractivity (Wildman–Crippen MR) is 111 cm³/mol. The number of hydrogen-bond donors (Lipinski definition) is 5. The Balaban J connectivity index is 2.15. The number of nitrogen functional groups attached to an aromatic ring is 1. The first kappa shape index (κ1) is 22.3. The molecule has 0 radical (unpaired) electrons. The van der Waals surface area contributed by atoms with E-state index < -0.39 is 30.0 Å². The molecule has 0 aliphatic carbocycles. The second-order valence-electron chi connectivity index (χ2n) is 7.06. The normalized spacial score (nSPS) is 15.0. The molecule has 0 fully saturated rings. The quantitative estimate of drug-likeness (QED) is 0.423. The van der Waals surface area contributed by atoms with Crippen LogP contribution in [0.3, 0.4) is 0 Å². The molecule has 8 heteroatoms. The van der Waals surface area contributed by atoms with Gasteiger partial charge in [0.1, 0.15) is 18.0 Å². The molecule has 7 N–H and O–H groups in total. The molecule has 29 heavy (non-hydrogen) atoms. The van der Waals surface area contributed by atoms with Crippen LogP contribution in [0.25, 0.3) is 0 Å². The standard InChI is InChI=1S/C21H29N5O3/c1-3-13(2)17(23)20(28)26-18(19(27)15-7-5-4-6-8-15)21(29)25-12-14-9-10-16(22)24-11-14/h4-11,13,17-19,27H,3,12,23H2,1-2H3,(H2,22,24)(H,25,29)(H,26,28)/t13?,17-,18+,19+/m0/s1. The van der Waals surface area contributed by atoms with Gasteiger partial charge in [0, 0.05) is 12.7 Å². The van der Waals surface area contributed by atoms with E-state index in [1.807, 2.05) is 13.8 Å². The van der Waals surface area contributed by atoms with Gasteiger partial charge in [-0.2, -0.15) is 0 Å². The van der Waals surface area contributed by atoms with Gasteiger partial charge in [-0.3, -0.25) is 9.59 Å². The van der Waals surface area contributed by atoms with Gasteiger partial charge in [0.15, 0.2) is 0 Å². The number of carbonyl (C=O) groups excluding carboxylic acids is 2. The first-order valence-corrected chi connectivity index (χ1v) is 9.60. The molecule has 2 rings (SSSR count). The number of carbonyl (C=O) groups is 2. The molecule has 1 aromatic heterocycles. The van der Waals surface area contributed by atoms with Crippen molar-refractivity contribution in [2.75, 3.05) is 5.73 Å². The molecular formula is C21H29N5O3. The predicted octanol–water partition coefficient (Wildman–Crippen LogP) is 0.872. The highest BCUT2D eigenvalue weighted by atomic mass is 16.3. The minimum atomic E-state index is -1.23. The monoisotopic (exact) mass is 399 g/mol. The molecule has 0 saturated heterocycles. The van der Waals surface area contributed by atoms with E-state index in [1.165, 1.54) is 0 Å². The lowest BCUT2D eigenvalue weighted by molar-refractivity contribution is -0.133. The summed E-state index contributed by atoms with van der Waals surface area (Å²) < 4.78 is 0. The summed E-state index contributed by atoms with van der Waals surface area (Å²) in [7, 11) is 0. The van der Waals surface area contributed by atoms with E-state index in [2.05, 4.69) is 15.6 Å². The van der Waals surface area contributed by atoms with Crippen molar-refractivity contribution in [2.45, 2.75) is 45.0 Å². The Morgan fingerprint density at radius 2 is 1.83 bits per heavy atom. The summed E-state index contributed by atoms with van der Waals surface area (Å²) in [5.74, 6) is -0.691. The Kier molecular flexibility index (Phi) is 8.11. The summed E-state index contributed by atoms with van der Waals surface area (Å²) in [4.78, 5) is 29.4. The van der Waals surface area contributed by atoms with Crippen LogP contribution in [0.1, 0.15) is 37.5 Å². The molecule has 1 heterocycles. The van der Waals surface area contributed by atoms with Crippen LogP contribution < -0.4 is 22.1 Å². The van der Waals surface area contributed by atoms with E-state index in [0.717, 1.165) is 12.0 Å². The lowest BCUT2D eigenvalue weighted by Gasteiger charge is -2.26. The summed E-state index contributed by atoms with van der Waals surface area (Å²) in [6.07, 6.45) is 1.04. The van der Waals surface area contributed by atoms with E-state index in [-0.39, 0.29) is 12.5 Å². The zero-order chi connectivity index (χ0) is 21.4. The summed E-state index contributed by atoms with van der Waals surface area (Å²) in [6, 6.07) is 10.1. The maximum absolute atomic E-state index is 12.8. The molecule has 0 bridgehead atoms. The minimum absolute atomic E-state index is 0.0616. The number of aliphatic hydroxyl groups excluding tert-OH is 1. The number of aromatic nitrogens is 1. The average Bonchev–Trinajstić information content (AvgIpc) is 2.75. The fourth-order valence-electron chi connectivity index (χ4n) is 2.73. The molecule has 1 unspecified atom stereocenters. The Hall–Kier alpha value is -2.97. The van der Waals surface area contributed by atoms with Crippen LogP contribution in [-0.4, -0.2) is 34.0 Å². The zero-order valence-electron chi connectivity index (χ0n) is 16.7. The van der Waals surface area contributed by atoms with Gasteiger partial charge < -0.3 is 27.2 Å². The third-order valence-corrected chi connectivity index (χ3v) is 4.91. The van der Waals surface area contributed by atoms with E-state index in [4.69, 9.17) is 11.5 Å². The van der Waals surface area contributed by atoms with E-state index in [9.17, 15) is 14.7 Å². The van der Waals surface area contributed by atoms with E-state index >= 15 is 0 Å². The molecular weight excluding hydrogens is 370 g/mol. The van der Waals surface area contributed by atoms with Crippen LogP contribution in [0.5, 0.6) is 0 Å². The summed E-state index contributed by atoms with van der Waals surface area (Å²) >= 11 is 0. The topological polar surface area (TPSA) is 143 Å². The SMILES string of the molecule is CCC(C)[C@H](N)C(=O)N[C@@H](C(=O)NCc1ccc(N)nc1)[C@H](O)c1ccccc1. The van der Waals surface area contributed by atoms with Crippen LogP contribution in [0.4, 0.5) is 5.82 Å². The van der Waals surface area contributed by atoms with Crippen LogP contribution in [0.2, 0.25) is 0 Å². The Morgan fingerprint density at radius 1 is 1.14 bits per heavy atom. The highest BCUT2D eigenvalue weighted by molar-refractivity contribution is 5.90. The molecule has 8 nitrogen and oxygen atoms in total. The largest absolute Gasteiger partial charge is 0.386 e. The third kappa shape index (κ3) is 6.27. The number of pyridine rings is 1. The first-order valence-electron chi connectivity index (χ1n) is 9.60. The van der Waals surface area contributed by atoms with Crippen molar-refractivity contribution in [1.82, 2.24) is 15.6 Å². The Labute approximate surface area is 170 Å². The van der Waals surface area contributed by atoms with Gasteiger partial charge >= 0.3 is 0 Å². The molecule has 2 amide bonds. The van der Waals surface area contributed by atoms with Crippen molar-refractivity contribution >= 4 is 17.6 Å². The van der Waals surface area contributed by atoms with Gasteiger partial charge in [-0.15, -0.1) is 0 Å². The smallest absolute Gasteiger partial charge is 0.245 e. The average molecular weight is 399 g/mol. The van der Waals surface area contributed by atoms with Crippen LogP contribution in [0.15, 0.2) is 48.7 Å². The number of rotatable bonds is 9. The van der Waals surface area contributed by atoms with Gasteiger partial charge in [-0.25, -0.2) is 4.98 Å². The molecule has 4 atom stereocenters. The number of amides is 2. The molecule has 0 spiro atoms. The second-order valence-corrected chi connectivity index (χ2v) is 7.06. The Bertz CT molecular complexity index is 798. The molecule has 0 aliphatic rings. The van der Waals surface area contributed by atoms with Crippen molar-refractivity contribution in [2.24, 2.45) is 11.7 Å². The highest BCUT2D eigenvalue weighted by Gasteiger charge is 2.32. The maximum atomic E-state index is 12.8. The number of hydrogen-bond acceptors (Lipinski definition) is 6. The van der Waals surface area contributed by atoms with Gasteiger partial charge in [0.25, 0.3) is 0 Å². The maximum Gasteiger partial charge on any atom is 0.245 e. The van der Waals surface area contributed by atoms with Gasteiger partial charge in [0.2, 0.25) is 11.8 Å². The summed E-state index contributed by atoms with van der Waals surface area (Å²) in [5, 5.41) is 16.1. The van der Waals surface area contributed by atoms with Gasteiger partial charge in [-0.1, -0.05) is 56.7 Å². The van der Waals surface area contributed by atoms with Gasteiger partial charge in [0.05, 0.1) is 6.04 Å². The minimum Gasteiger partial charge on any atom is -0.386 e. The van der Waals surface area contributed by atoms with E-state index in [0.29, 0.717) is 11.4 Å². The van der Waals surface area contributed by atoms with Crippen molar-refractivity contribution in [3.8, 4) is 0 Å². The highest BCUT2D eigenvalue weighted by Crippen LogP contribution is 2.18. The number of benzene rings is 1. The van der Waals surface area contributed by atoms with Crippen molar-refractivity contribution in [3.05, 3.63) is 59.8 Å². The Morgan fingerprint density at radius 3 is 2.41 bits per heavy atom. The van der Waals surface area contributed by atoms with Crippen LogP contribution in [0, 0.1) is 5.92 Å².